The number of rotatable bonds is 7. The number of carbonyl (C=O) groups excluding carboxylic acids is 1. The molecular formula is C13H23NO3. The van der Waals surface area contributed by atoms with Crippen molar-refractivity contribution in [2.75, 3.05) is 6.54 Å². The Morgan fingerprint density at radius 3 is 2.29 bits per heavy atom. The van der Waals surface area contributed by atoms with Crippen molar-refractivity contribution in [1.82, 2.24) is 5.32 Å². The number of hydrogen-bond acceptors (Lipinski definition) is 2. The number of carbonyl (C=O) groups is 2. The zero-order chi connectivity index (χ0) is 13.1. The van der Waals surface area contributed by atoms with Gasteiger partial charge in [0.25, 0.3) is 0 Å². The van der Waals surface area contributed by atoms with Crippen molar-refractivity contribution < 1.29 is 14.7 Å². The van der Waals surface area contributed by atoms with Crippen LogP contribution in [0.4, 0.5) is 0 Å². The van der Waals surface area contributed by atoms with Crippen LogP contribution in [0.15, 0.2) is 0 Å². The fraction of sp³-hybridized carbons (Fsp3) is 0.846. The molecular weight excluding hydrogens is 218 g/mol. The molecule has 1 fully saturated rings. The fourth-order valence-electron chi connectivity index (χ4n) is 2.09. The molecule has 17 heavy (non-hydrogen) atoms. The van der Waals surface area contributed by atoms with Crippen LogP contribution in [0.5, 0.6) is 0 Å². The van der Waals surface area contributed by atoms with Crippen LogP contribution in [-0.4, -0.2) is 23.5 Å². The van der Waals surface area contributed by atoms with Gasteiger partial charge in [0.1, 0.15) is 0 Å². The second-order valence-corrected chi connectivity index (χ2v) is 6.04. The van der Waals surface area contributed by atoms with Gasteiger partial charge in [-0.3, -0.25) is 9.59 Å². The summed E-state index contributed by atoms with van der Waals surface area (Å²) in [6, 6.07) is 0. The van der Waals surface area contributed by atoms with Gasteiger partial charge in [-0.1, -0.05) is 20.8 Å². The van der Waals surface area contributed by atoms with Crippen LogP contribution in [-0.2, 0) is 9.59 Å². The maximum absolute atomic E-state index is 11.7. The zero-order valence-electron chi connectivity index (χ0n) is 11.0. The predicted octanol–water partition coefficient (Wildman–Crippen LogP) is 2.18. The molecule has 2 N–H and O–H groups in total. The first-order valence-corrected chi connectivity index (χ1v) is 6.27. The average Bonchev–Trinajstić information content (AvgIpc) is 2.92. The normalized spacial score (nSPS) is 17.6. The summed E-state index contributed by atoms with van der Waals surface area (Å²) in [6.07, 6.45) is 3.80. The summed E-state index contributed by atoms with van der Waals surface area (Å²) in [4.78, 5) is 22.4. The summed E-state index contributed by atoms with van der Waals surface area (Å²) in [5, 5.41) is 11.7. The lowest BCUT2D eigenvalue weighted by Crippen LogP contribution is -2.33. The van der Waals surface area contributed by atoms with E-state index in [-0.39, 0.29) is 18.7 Å². The van der Waals surface area contributed by atoms with E-state index >= 15 is 0 Å². The van der Waals surface area contributed by atoms with Crippen LogP contribution in [0.25, 0.3) is 0 Å². The highest BCUT2D eigenvalue weighted by atomic mass is 16.4. The van der Waals surface area contributed by atoms with Gasteiger partial charge in [-0.2, -0.15) is 0 Å². The molecule has 0 heterocycles. The average molecular weight is 241 g/mol. The van der Waals surface area contributed by atoms with Crippen LogP contribution in [0, 0.1) is 10.8 Å². The first-order valence-electron chi connectivity index (χ1n) is 6.27. The smallest absolute Gasteiger partial charge is 0.303 e. The van der Waals surface area contributed by atoms with Crippen LogP contribution >= 0.6 is 0 Å². The van der Waals surface area contributed by atoms with Crippen molar-refractivity contribution in [1.29, 1.82) is 0 Å². The van der Waals surface area contributed by atoms with Gasteiger partial charge in [-0.15, -0.1) is 0 Å². The number of nitrogens with one attached hydrogen (secondary N) is 1. The number of hydrogen-bond donors (Lipinski definition) is 2. The fourth-order valence-corrected chi connectivity index (χ4v) is 2.09. The SMILES string of the molecule is CCC1(CNC(=O)CC(C)(C)CC(=O)O)CC1. The Morgan fingerprint density at radius 2 is 1.88 bits per heavy atom. The lowest BCUT2D eigenvalue weighted by molar-refractivity contribution is -0.139. The molecule has 1 saturated carbocycles. The molecule has 0 aliphatic heterocycles. The maximum Gasteiger partial charge on any atom is 0.303 e. The highest BCUT2D eigenvalue weighted by Crippen LogP contribution is 2.47. The molecule has 4 heteroatoms. The lowest BCUT2D eigenvalue weighted by atomic mass is 9.85. The van der Waals surface area contributed by atoms with E-state index in [1.807, 2.05) is 13.8 Å². The Kier molecular flexibility index (Phi) is 4.17. The third-order valence-electron chi connectivity index (χ3n) is 3.64. The summed E-state index contributed by atoms with van der Waals surface area (Å²) in [5.41, 5.74) is -0.133. The van der Waals surface area contributed by atoms with Crippen LogP contribution in [0.3, 0.4) is 0 Å². The molecule has 0 aromatic rings. The third kappa shape index (κ3) is 4.75. The molecule has 0 atom stereocenters. The molecule has 1 amide bonds. The minimum Gasteiger partial charge on any atom is -0.481 e. The highest BCUT2D eigenvalue weighted by Gasteiger charge is 2.40. The summed E-state index contributed by atoms with van der Waals surface area (Å²) in [6.45, 7) is 6.51. The van der Waals surface area contributed by atoms with Crippen molar-refractivity contribution in [2.24, 2.45) is 10.8 Å². The van der Waals surface area contributed by atoms with Gasteiger partial charge < -0.3 is 10.4 Å². The summed E-state index contributed by atoms with van der Waals surface area (Å²) in [7, 11) is 0. The van der Waals surface area contributed by atoms with Gasteiger partial charge in [-0.25, -0.2) is 0 Å². The Labute approximate surface area is 103 Å². The third-order valence-corrected chi connectivity index (χ3v) is 3.64. The molecule has 0 bridgehead atoms. The van der Waals surface area contributed by atoms with E-state index in [9.17, 15) is 9.59 Å². The molecule has 98 valence electrons. The minimum absolute atomic E-state index is 0.0271. The first-order chi connectivity index (χ1) is 7.79. The molecule has 1 aliphatic carbocycles. The second-order valence-electron chi connectivity index (χ2n) is 6.04. The van der Waals surface area contributed by atoms with Gasteiger partial charge in [0.2, 0.25) is 5.91 Å². The number of carboxylic acids is 1. The largest absolute Gasteiger partial charge is 0.481 e. The van der Waals surface area contributed by atoms with E-state index in [1.165, 1.54) is 12.8 Å². The molecule has 0 aromatic heterocycles. The Bertz CT molecular complexity index is 306. The summed E-state index contributed by atoms with van der Waals surface area (Å²) < 4.78 is 0. The topological polar surface area (TPSA) is 66.4 Å². The Morgan fingerprint density at radius 1 is 1.29 bits per heavy atom. The predicted molar refractivity (Wildman–Crippen MR) is 65.6 cm³/mol. The number of amides is 1. The molecule has 0 saturated heterocycles. The quantitative estimate of drug-likeness (QED) is 0.718. The van der Waals surface area contributed by atoms with Crippen molar-refractivity contribution in [3.05, 3.63) is 0 Å². The van der Waals surface area contributed by atoms with E-state index in [2.05, 4.69) is 12.2 Å². The van der Waals surface area contributed by atoms with E-state index in [0.29, 0.717) is 5.41 Å². The molecule has 0 spiro atoms. The van der Waals surface area contributed by atoms with Gasteiger partial charge in [-0.05, 0) is 30.1 Å². The Balaban J connectivity index is 2.31. The minimum atomic E-state index is -0.852. The highest BCUT2D eigenvalue weighted by molar-refractivity contribution is 5.78. The van der Waals surface area contributed by atoms with Crippen molar-refractivity contribution in [2.45, 2.75) is 52.9 Å². The molecule has 0 aromatic carbocycles. The van der Waals surface area contributed by atoms with Crippen molar-refractivity contribution in [3.63, 3.8) is 0 Å². The Hall–Kier alpha value is -1.06. The van der Waals surface area contributed by atoms with E-state index in [0.717, 1.165) is 13.0 Å². The van der Waals surface area contributed by atoms with Gasteiger partial charge in [0.15, 0.2) is 0 Å². The second kappa shape index (κ2) is 5.07. The molecule has 0 radical (unpaired) electrons. The van der Waals surface area contributed by atoms with Crippen LogP contribution in [0.1, 0.15) is 52.9 Å². The number of aliphatic carboxylic acids is 1. The number of carboxylic acid groups (broad SMARTS) is 1. The summed E-state index contributed by atoms with van der Waals surface area (Å²) >= 11 is 0. The zero-order valence-corrected chi connectivity index (χ0v) is 11.0. The van der Waals surface area contributed by atoms with E-state index in [4.69, 9.17) is 5.11 Å². The van der Waals surface area contributed by atoms with Crippen molar-refractivity contribution in [3.8, 4) is 0 Å². The van der Waals surface area contributed by atoms with E-state index < -0.39 is 11.4 Å². The van der Waals surface area contributed by atoms with Gasteiger partial charge in [0, 0.05) is 13.0 Å². The summed E-state index contributed by atoms with van der Waals surface area (Å²) in [5.74, 6) is -0.883. The van der Waals surface area contributed by atoms with Crippen LogP contribution in [0.2, 0.25) is 0 Å². The molecule has 4 nitrogen and oxygen atoms in total. The first kappa shape index (κ1) is 14.0. The standard InChI is InChI=1S/C13H23NO3/c1-4-13(5-6-13)9-14-10(15)7-12(2,3)8-11(16)17/h4-9H2,1-3H3,(H,14,15)(H,16,17). The van der Waals surface area contributed by atoms with Crippen molar-refractivity contribution >= 4 is 11.9 Å². The van der Waals surface area contributed by atoms with Crippen LogP contribution < -0.4 is 5.32 Å². The van der Waals surface area contributed by atoms with Gasteiger partial charge in [0.05, 0.1) is 6.42 Å². The maximum atomic E-state index is 11.7. The molecule has 1 rings (SSSR count). The monoisotopic (exact) mass is 241 g/mol. The molecule has 1 aliphatic rings. The van der Waals surface area contributed by atoms with Gasteiger partial charge >= 0.3 is 5.97 Å². The van der Waals surface area contributed by atoms with E-state index in [1.54, 1.807) is 0 Å². The molecule has 0 unspecified atom stereocenters. The lowest BCUT2D eigenvalue weighted by Gasteiger charge is -2.22.